The van der Waals surface area contributed by atoms with Gasteiger partial charge >= 0.3 is 0 Å². The van der Waals surface area contributed by atoms with Gasteiger partial charge in [-0.3, -0.25) is 0 Å². The van der Waals surface area contributed by atoms with Crippen LogP contribution in [0.25, 0.3) is 10.5 Å². The lowest BCUT2D eigenvalue weighted by molar-refractivity contribution is 0.325. The summed E-state index contributed by atoms with van der Waals surface area (Å²) < 4.78 is 0. The first-order chi connectivity index (χ1) is 7.90. The molecule has 1 heterocycles. The normalized spacial score (nSPS) is 16.9. The molecule has 0 atom stereocenters. The standard InChI is InChI=1S/C13H15N3/c1-14-13(12-5-3-2-4-6-12)11-16-9-7-15-8-10-16/h2-6,11,15H,7-10H2/b13-11+. The molecule has 82 valence electrons. The van der Waals surface area contributed by atoms with Crippen molar-refractivity contribution in [2.75, 3.05) is 26.2 Å². The smallest absolute Gasteiger partial charge is 0.209 e. The fourth-order valence-electron chi connectivity index (χ4n) is 1.76. The summed E-state index contributed by atoms with van der Waals surface area (Å²) in [6.45, 7) is 11.2. The predicted molar refractivity (Wildman–Crippen MR) is 65.5 cm³/mol. The van der Waals surface area contributed by atoms with Crippen molar-refractivity contribution in [3.05, 3.63) is 53.5 Å². The van der Waals surface area contributed by atoms with E-state index in [1.807, 2.05) is 36.5 Å². The summed E-state index contributed by atoms with van der Waals surface area (Å²) in [6, 6.07) is 9.85. The molecule has 1 N–H and O–H groups in total. The summed E-state index contributed by atoms with van der Waals surface area (Å²) in [4.78, 5) is 5.81. The molecule has 3 nitrogen and oxygen atoms in total. The zero-order chi connectivity index (χ0) is 11.2. The number of hydrogen-bond acceptors (Lipinski definition) is 2. The fraction of sp³-hybridized carbons (Fsp3) is 0.308. The van der Waals surface area contributed by atoms with Crippen molar-refractivity contribution in [1.82, 2.24) is 10.2 Å². The van der Waals surface area contributed by atoms with Gasteiger partial charge < -0.3 is 10.2 Å². The van der Waals surface area contributed by atoms with Crippen LogP contribution in [0.4, 0.5) is 0 Å². The molecule has 0 bridgehead atoms. The molecule has 0 amide bonds. The van der Waals surface area contributed by atoms with Gasteiger partial charge in [-0.2, -0.15) is 0 Å². The Kier molecular flexibility index (Phi) is 3.58. The molecule has 0 radical (unpaired) electrons. The quantitative estimate of drug-likeness (QED) is 0.756. The van der Waals surface area contributed by atoms with Gasteiger partial charge in [0.2, 0.25) is 5.70 Å². The van der Waals surface area contributed by atoms with E-state index >= 15 is 0 Å². The van der Waals surface area contributed by atoms with E-state index in [1.54, 1.807) is 0 Å². The van der Waals surface area contributed by atoms with Gasteiger partial charge in [0.05, 0.1) is 6.57 Å². The summed E-state index contributed by atoms with van der Waals surface area (Å²) in [7, 11) is 0. The summed E-state index contributed by atoms with van der Waals surface area (Å²) in [6.07, 6.45) is 1.98. The minimum absolute atomic E-state index is 0.725. The largest absolute Gasteiger partial charge is 0.384 e. The van der Waals surface area contributed by atoms with Crippen molar-refractivity contribution in [3.63, 3.8) is 0 Å². The molecule has 1 aromatic carbocycles. The van der Waals surface area contributed by atoms with E-state index in [0.29, 0.717) is 0 Å². The number of nitrogens with one attached hydrogen (secondary N) is 1. The molecule has 1 aromatic rings. The molecule has 2 rings (SSSR count). The number of rotatable bonds is 2. The Labute approximate surface area is 96.2 Å². The van der Waals surface area contributed by atoms with Crippen LogP contribution in [0.15, 0.2) is 36.5 Å². The van der Waals surface area contributed by atoms with Gasteiger partial charge in [-0.25, -0.2) is 4.85 Å². The molecule has 0 aliphatic carbocycles. The number of piperazine rings is 1. The van der Waals surface area contributed by atoms with E-state index < -0.39 is 0 Å². The first-order valence-corrected chi connectivity index (χ1v) is 5.49. The van der Waals surface area contributed by atoms with Crippen LogP contribution >= 0.6 is 0 Å². The maximum absolute atomic E-state index is 7.23. The third kappa shape index (κ3) is 2.62. The van der Waals surface area contributed by atoms with Crippen LogP contribution in [0.1, 0.15) is 5.56 Å². The van der Waals surface area contributed by atoms with E-state index in [9.17, 15) is 0 Å². The second kappa shape index (κ2) is 5.34. The Balaban J connectivity index is 2.16. The van der Waals surface area contributed by atoms with Crippen molar-refractivity contribution in [2.24, 2.45) is 0 Å². The van der Waals surface area contributed by atoms with Crippen LogP contribution < -0.4 is 5.32 Å². The van der Waals surface area contributed by atoms with Gasteiger partial charge in [0.15, 0.2) is 0 Å². The molecule has 1 fully saturated rings. The van der Waals surface area contributed by atoms with Crippen molar-refractivity contribution in [1.29, 1.82) is 0 Å². The molecular formula is C13H15N3. The third-order valence-corrected chi connectivity index (χ3v) is 2.65. The Morgan fingerprint density at radius 3 is 2.56 bits per heavy atom. The van der Waals surface area contributed by atoms with Crippen LogP contribution in [0.3, 0.4) is 0 Å². The van der Waals surface area contributed by atoms with Gasteiger partial charge in [0.25, 0.3) is 0 Å². The monoisotopic (exact) mass is 213 g/mol. The average Bonchev–Trinajstić information content (AvgIpc) is 2.38. The lowest BCUT2D eigenvalue weighted by atomic mass is 10.2. The number of benzene rings is 1. The minimum Gasteiger partial charge on any atom is -0.384 e. The lowest BCUT2D eigenvalue weighted by Gasteiger charge is -2.26. The van der Waals surface area contributed by atoms with Gasteiger partial charge in [0, 0.05) is 32.4 Å². The van der Waals surface area contributed by atoms with E-state index in [4.69, 9.17) is 6.57 Å². The van der Waals surface area contributed by atoms with Crippen LogP contribution in [0, 0.1) is 6.57 Å². The average molecular weight is 213 g/mol. The molecule has 0 aromatic heterocycles. The maximum Gasteiger partial charge on any atom is 0.209 e. The van der Waals surface area contributed by atoms with Crippen molar-refractivity contribution in [3.8, 4) is 0 Å². The Morgan fingerprint density at radius 2 is 1.94 bits per heavy atom. The summed E-state index contributed by atoms with van der Waals surface area (Å²) in [5.41, 5.74) is 1.72. The molecule has 1 saturated heterocycles. The summed E-state index contributed by atoms with van der Waals surface area (Å²) >= 11 is 0. The van der Waals surface area contributed by atoms with Crippen LogP contribution in [-0.4, -0.2) is 31.1 Å². The van der Waals surface area contributed by atoms with E-state index in [0.717, 1.165) is 37.4 Å². The first-order valence-electron chi connectivity index (χ1n) is 5.49. The van der Waals surface area contributed by atoms with Gasteiger partial charge in [-0.05, 0) is 5.56 Å². The second-order valence-electron chi connectivity index (χ2n) is 3.78. The fourth-order valence-corrected chi connectivity index (χ4v) is 1.76. The molecule has 1 aliphatic heterocycles. The zero-order valence-electron chi connectivity index (χ0n) is 9.19. The highest BCUT2D eigenvalue weighted by molar-refractivity contribution is 5.70. The zero-order valence-corrected chi connectivity index (χ0v) is 9.19. The van der Waals surface area contributed by atoms with E-state index in [1.165, 1.54) is 0 Å². The van der Waals surface area contributed by atoms with Crippen LogP contribution in [0.5, 0.6) is 0 Å². The third-order valence-electron chi connectivity index (χ3n) is 2.65. The van der Waals surface area contributed by atoms with Crippen LogP contribution in [0.2, 0.25) is 0 Å². The van der Waals surface area contributed by atoms with Gasteiger partial charge in [-0.1, -0.05) is 30.3 Å². The highest BCUT2D eigenvalue weighted by Crippen LogP contribution is 2.16. The predicted octanol–water partition coefficient (Wildman–Crippen LogP) is 1.81. The SMILES string of the molecule is [C-]#[N+]/C(=C/N1CCNCC1)c1ccccc1. The minimum atomic E-state index is 0.725. The second-order valence-corrected chi connectivity index (χ2v) is 3.78. The summed E-state index contributed by atoms with van der Waals surface area (Å²) in [5, 5.41) is 3.30. The van der Waals surface area contributed by atoms with Crippen LogP contribution in [-0.2, 0) is 0 Å². The van der Waals surface area contributed by atoms with E-state index in [-0.39, 0.29) is 0 Å². The molecule has 0 spiro atoms. The number of hydrogen-bond donors (Lipinski definition) is 1. The molecule has 1 aliphatic rings. The van der Waals surface area contributed by atoms with Crippen molar-refractivity contribution < 1.29 is 0 Å². The topological polar surface area (TPSA) is 19.6 Å². The molecule has 0 saturated carbocycles. The Hall–Kier alpha value is -1.79. The highest BCUT2D eigenvalue weighted by Gasteiger charge is 2.08. The summed E-state index contributed by atoms with van der Waals surface area (Å²) in [5.74, 6) is 0. The molecule has 3 heteroatoms. The molecular weight excluding hydrogens is 198 g/mol. The van der Waals surface area contributed by atoms with Gasteiger partial charge in [0.1, 0.15) is 0 Å². The number of nitrogens with zero attached hydrogens (tertiary/aromatic N) is 2. The first kappa shape index (κ1) is 10.7. The van der Waals surface area contributed by atoms with E-state index in [2.05, 4.69) is 15.1 Å². The lowest BCUT2D eigenvalue weighted by Crippen LogP contribution is -2.40. The Bertz CT molecular complexity index is 397. The van der Waals surface area contributed by atoms with Crippen molar-refractivity contribution in [2.45, 2.75) is 0 Å². The van der Waals surface area contributed by atoms with Gasteiger partial charge in [-0.15, -0.1) is 0 Å². The molecule has 16 heavy (non-hydrogen) atoms. The van der Waals surface area contributed by atoms with Crippen molar-refractivity contribution >= 4 is 5.70 Å². The maximum atomic E-state index is 7.23. The highest BCUT2D eigenvalue weighted by atomic mass is 15.2. The Morgan fingerprint density at radius 1 is 1.25 bits per heavy atom. The molecule has 0 unspecified atom stereocenters.